The molecule has 8 fully saturated rings. The molecule has 0 radical (unpaired) electrons. The Labute approximate surface area is 388 Å². The number of likely N-dealkylation sites (N-methyl/N-ethyl adjacent to an activating group) is 1. The van der Waals surface area contributed by atoms with E-state index in [1.807, 2.05) is 34.6 Å². The lowest BCUT2D eigenvalue weighted by molar-refractivity contribution is -0.251. The fourth-order valence-electron chi connectivity index (χ4n) is 17.4. The van der Waals surface area contributed by atoms with Crippen LogP contribution in [0.15, 0.2) is 12.2 Å². The van der Waals surface area contributed by atoms with Crippen molar-refractivity contribution in [1.29, 1.82) is 0 Å². The molecule has 14 atom stereocenters. The van der Waals surface area contributed by atoms with Crippen molar-refractivity contribution in [2.75, 3.05) is 32.7 Å². The van der Waals surface area contributed by atoms with Crippen molar-refractivity contribution in [3.05, 3.63) is 12.2 Å². The number of carbonyl (C=O) groups excluding carboxylic acids is 4. The van der Waals surface area contributed by atoms with Gasteiger partial charge in [0.2, 0.25) is 11.8 Å². The third kappa shape index (κ3) is 7.11. The van der Waals surface area contributed by atoms with Gasteiger partial charge in [0.25, 0.3) is 0 Å². The van der Waals surface area contributed by atoms with E-state index < -0.39 is 16.4 Å². The van der Waals surface area contributed by atoms with E-state index in [9.17, 15) is 14.4 Å². The molecule has 9 heteroatoms. The topological polar surface area (TPSA) is 105 Å². The van der Waals surface area contributed by atoms with Crippen molar-refractivity contribution in [3.8, 4) is 0 Å². The van der Waals surface area contributed by atoms with Crippen LogP contribution in [0.5, 0.6) is 0 Å². The molecule has 7 saturated carbocycles. The van der Waals surface area contributed by atoms with E-state index in [0.717, 1.165) is 96.9 Å². The number of esters is 2. The Balaban J connectivity index is 0.964. The van der Waals surface area contributed by atoms with Crippen molar-refractivity contribution in [3.63, 3.8) is 0 Å². The average molecular weight is 888 g/mol. The highest BCUT2D eigenvalue weighted by molar-refractivity contribution is 5.86. The maximum absolute atomic E-state index is 15.2. The van der Waals surface area contributed by atoms with E-state index in [-0.39, 0.29) is 86.6 Å². The fraction of sp³-hybridized carbons (Fsp3) is 0.891. The monoisotopic (exact) mass is 888 g/mol. The molecule has 0 aromatic heterocycles. The van der Waals surface area contributed by atoms with Crippen molar-refractivity contribution in [2.45, 2.75) is 192 Å². The SMILES string of the molecule is C=C(C)[C@H]1CC[C@]2(C(=O)N[C@H]3C[C@@H](C(=O)N4CCN(CC)CC4)C3(C)C)CC[C@]3(C)[C@H](CC[C@@H]4[C@@]5(C)CC[C@H](OC(=O)C6CC(C(=O)OC(C)(C)C)C6(C)C)C(C)(C)[C@@H]5CC[C@]43C)[C@@H]12. The Morgan fingerprint density at radius 2 is 1.34 bits per heavy atom. The van der Waals surface area contributed by atoms with Gasteiger partial charge in [-0.2, -0.15) is 0 Å². The molecule has 7 aliphatic carbocycles. The zero-order chi connectivity index (χ0) is 47.0. The molecule has 0 bridgehead atoms. The van der Waals surface area contributed by atoms with Gasteiger partial charge in [-0.05, 0) is 168 Å². The lowest BCUT2D eigenvalue weighted by Crippen LogP contribution is -2.69. The Morgan fingerprint density at radius 3 is 1.94 bits per heavy atom. The van der Waals surface area contributed by atoms with Crippen LogP contribution in [0.1, 0.15) is 174 Å². The first kappa shape index (κ1) is 48.1. The highest BCUT2D eigenvalue weighted by Crippen LogP contribution is 2.78. The van der Waals surface area contributed by atoms with Gasteiger partial charge in [-0.1, -0.05) is 81.4 Å². The van der Waals surface area contributed by atoms with Crippen LogP contribution in [0.3, 0.4) is 0 Å². The first-order valence-corrected chi connectivity index (χ1v) is 26.0. The van der Waals surface area contributed by atoms with Crippen molar-refractivity contribution < 1.29 is 28.7 Å². The number of amides is 2. The lowest BCUT2D eigenvalue weighted by Gasteiger charge is -2.73. The molecule has 2 unspecified atom stereocenters. The number of rotatable bonds is 8. The molecule has 8 aliphatic rings. The van der Waals surface area contributed by atoms with E-state index in [1.165, 1.54) is 12.0 Å². The maximum Gasteiger partial charge on any atom is 0.310 e. The van der Waals surface area contributed by atoms with Gasteiger partial charge in [-0.15, -0.1) is 0 Å². The zero-order valence-corrected chi connectivity index (χ0v) is 42.8. The third-order valence-electron chi connectivity index (χ3n) is 22.0. The van der Waals surface area contributed by atoms with Gasteiger partial charge in [0.1, 0.15) is 11.7 Å². The van der Waals surface area contributed by atoms with Crippen molar-refractivity contribution in [2.24, 2.45) is 85.2 Å². The normalized spacial score (nSPS) is 44.3. The van der Waals surface area contributed by atoms with Gasteiger partial charge in [0, 0.05) is 43.6 Å². The quantitative estimate of drug-likeness (QED) is 0.191. The summed E-state index contributed by atoms with van der Waals surface area (Å²) in [6.07, 6.45) is 11.5. The Hall–Kier alpha value is -2.42. The van der Waals surface area contributed by atoms with Crippen molar-refractivity contribution in [1.82, 2.24) is 15.1 Å². The van der Waals surface area contributed by atoms with Crippen LogP contribution in [0, 0.1) is 85.2 Å². The van der Waals surface area contributed by atoms with Gasteiger partial charge < -0.3 is 24.6 Å². The van der Waals surface area contributed by atoms with Gasteiger partial charge in [0.15, 0.2) is 0 Å². The minimum Gasteiger partial charge on any atom is -0.462 e. The molecule has 1 N–H and O–H groups in total. The van der Waals surface area contributed by atoms with E-state index in [1.54, 1.807) is 0 Å². The first-order chi connectivity index (χ1) is 29.6. The predicted octanol–water partition coefficient (Wildman–Crippen LogP) is 10.3. The van der Waals surface area contributed by atoms with Crippen LogP contribution in [0.4, 0.5) is 0 Å². The Kier molecular flexibility index (Phi) is 11.9. The number of nitrogens with zero attached hydrogens (tertiary/aromatic N) is 2. The summed E-state index contributed by atoms with van der Waals surface area (Å²) < 4.78 is 12.3. The van der Waals surface area contributed by atoms with Gasteiger partial charge >= 0.3 is 11.9 Å². The highest BCUT2D eigenvalue weighted by atomic mass is 16.6. The second-order valence-corrected chi connectivity index (χ2v) is 26.7. The summed E-state index contributed by atoms with van der Waals surface area (Å²) in [5.41, 5.74) is -0.333. The summed E-state index contributed by atoms with van der Waals surface area (Å²) in [6.45, 7) is 40.3. The zero-order valence-electron chi connectivity index (χ0n) is 42.8. The summed E-state index contributed by atoms with van der Waals surface area (Å²) >= 11 is 0. The second kappa shape index (κ2) is 15.8. The second-order valence-electron chi connectivity index (χ2n) is 26.7. The highest BCUT2D eigenvalue weighted by Gasteiger charge is 2.72. The molecule has 64 heavy (non-hydrogen) atoms. The number of hydrogen-bond donors (Lipinski definition) is 1. The average Bonchev–Trinajstić information content (AvgIpc) is 3.61. The van der Waals surface area contributed by atoms with Crippen LogP contribution in [0.25, 0.3) is 0 Å². The number of allylic oxidation sites excluding steroid dienone is 1. The van der Waals surface area contributed by atoms with Gasteiger partial charge in [0.05, 0.1) is 17.3 Å². The molecule has 1 saturated heterocycles. The molecule has 8 rings (SSSR count). The molecular weight excluding hydrogens is 799 g/mol. The first-order valence-electron chi connectivity index (χ1n) is 26.0. The largest absolute Gasteiger partial charge is 0.462 e. The molecule has 1 aliphatic heterocycles. The van der Waals surface area contributed by atoms with Crippen LogP contribution in [0.2, 0.25) is 0 Å². The third-order valence-corrected chi connectivity index (χ3v) is 22.0. The number of ether oxygens (including phenoxy) is 2. The molecular formula is C55H89N3O6. The Morgan fingerprint density at radius 1 is 0.688 bits per heavy atom. The maximum atomic E-state index is 15.2. The molecule has 0 aromatic rings. The van der Waals surface area contributed by atoms with Crippen molar-refractivity contribution >= 4 is 23.8 Å². The number of nitrogens with one attached hydrogen (secondary N) is 1. The van der Waals surface area contributed by atoms with E-state index in [4.69, 9.17) is 9.47 Å². The number of piperazine rings is 1. The van der Waals surface area contributed by atoms with Crippen LogP contribution in [-0.2, 0) is 28.7 Å². The summed E-state index contributed by atoms with van der Waals surface area (Å²) in [6, 6.07) is 0.00805. The number of carbonyl (C=O) groups is 4. The summed E-state index contributed by atoms with van der Waals surface area (Å²) in [7, 11) is 0. The summed E-state index contributed by atoms with van der Waals surface area (Å²) in [4.78, 5) is 60.6. The summed E-state index contributed by atoms with van der Waals surface area (Å²) in [5.74, 6) is 1.57. The van der Waals surface area contributed by atoms with Gasteiger partial charge in [-0.3, -0.25) is 19.2 Å². The van der Waals surface area contributed by atoms with Crippen LogP contribution in [-0.4, -0.2) is 84.0 Å². The fourth-order valence-corrected chi connectivity index (χ4v) is 17.4. The molecule has 2 amide bonds. The minimum atomic E-state index is -0.557. The number of fused-ring (bicyclic) bond motifs is 7. The van der Waals surface area contributed by atoms with Gasteiger partial charge in [-0.25, -0.2) is 0 Å². The number of hydrogen-bond acceptors (Lipinski definition) is 7. The molecule has 9 nitrogen and oxygen atoms in total. The molecule has 1 heterocycles. The smallest absolute Gasteiger partial charge is 0.310 e. The van der Waals surface area contributed by atoms with E-state index in [2.05, 4.69) is 84.0 Å². The van der Waals surface area contributed by atoms with Crippen LogP contribution < -0.4 is 5.32 Å². The minimum absolute atomic E-state index is 0.00805. The predicted molar refractivity (Wildman–Crippen MR) is 253 cm³/mol. The van der Waals surface area contributed by atoms with E-state index in [0.29, 0.717) is 30.1 Å². The standard InChI is InChI=1S/C55H89N3O6/c1-16-57-27-29-58(30-28-57)44(59)36-32-41(50(36,9)10)56-47(62)55-24-19-34(33(2)3)43(55)35-17-18-40-52(13)22-21-42(51(11,12)39(52)20-23-54(40,15)53(35,14)25-26-55)63-45(60)37-31-38(49(37,7)8)46(61)64-48(4,5)6/h34-43H,2,16-32H2,1,3-15H3,(H,56,62)/t34-,35-,36+,37?,38?,39+,40-,41+,42+,43-,52+,53-,54-,55+/m1/s1. The van der Waals surface area contributed by atoms with E-state index >= 15 is 4.79 Å². The lowest BCUT2D eigenvalue weighted by atomic mass is 9.32. The van der Waals surface area contributed by atoms with Crippen LogP contribution >= 0.6 is 0 Å². The summed E-state index contributed by atoms with van der Waals surface area (Å²) in [5, 5.41) is 3.68. The molecule has 360 valence electrons. The Bertz CT molecular complexity index is 1890. The molecule has 0 aromatic carbocycles. The molecule has 0 spiro atoms.